The smallest absolute Gasteiger partial charge is 0.335 e. The fourth-order valence-corrected chi connectivity index (χ4v) is 2.58. The molecule has 0 aliphatic heterocycles. The first-order chi connectivity index (χ1) is 10.1. The quantitative estimate of drug-likeness (QED) is 0.800. The highest BCUT2D eigenvalue weighted by atomic mass is 16.4. The Hall–Kier alpha value is -2.62. The minimum atomic E-state index is -0.920. The first kappa shape index (κ1) is 13.4. The van der Waals surface area contributed by atoms with Crippen LogP contribution in [0.4, 0.5) is 0 Å². The number of aryl methyl sites for hydroxylation is 2. The number of fused-ring (bicyclic) bond motifs is 1. The largest absolute Gasteiger partial charge is 0.478 e. The van der Waals surface area contributed by atoms with Crippen molar-refractivity contribution >= 4 is 16.9 Å². The summed E-state index contributed by atoms with van der Waals surface area (Å²) in [5, 5.41) is 14.5. The van der Waals surface area contributed by atoms with Gasteiger partial charge in [-0.05, 0) is 42.7 Å². The lowest BCUT2D eigenvalue weighted by Gasteiger charge is -2.10. The van der Waals surface area contributed by atoms with Crippen molar-refractivity contribution in [1.82, 2.24) is 9.78 Å². The van der Waals surface area contributed by atoms with E-state index < -0.39 is 5.97 Å². The van der Waals surface area contributed by atoms with Gasteiger partial charge in [0, 0.05) is 5.39 Å². The molecule has 0 aliphatic rings. The van der Waals surface area contributed by atoms with Crippen LogP contribution in [0, 0.1) is 13.8 Å². The van der Waals surface area contributed by atoms with Crippen molar-refractivity contribution in [2.45, 2.75) is 20.4 Å². The second-order valence-electron chi connectivity index (χ2n) is 5.25. The van der Waals surface area contributed by atoms with Gasteiger partial charge in [0.1, 0.15) is 0 Å². The summed E-state index contributed by atoms with van der Waals surface area (Å²) in [6.07, 6.45) is 1.77. The molecule has 3 rings (SSSR count). The predicted molar refractivity (Wildman–Crippen MR) is 81.7 cm³/mol. The zero-order valence-electron chi connectivity index (χ0n) is 12.0. The van der Waals surface area contributed by atoms with Crippen LogP contribution in [0.25, 0.3) is 10.9 Å². The van der Waals surface area contributed by atoms with E-state index in [1.54, 1.807) is 24.4 Å². The number of carboxylic acids is 1. The number of hydrogen-bond acceptors (Lipinski definition) is 2. The van der Waals surface area contributed by atoms with E-state index in [2.05, 4.69) is 31.1 Å². The molecule has 106 valence electrons. The van der Waals surface area contributed by atoms with Crippen molar-refractivity contribution in [1.29, 1.82) is 0 Å². The van der Waals surface area contributed by atoms with Crippen LogP contribution in [-0.4, -0.2) is 20.9 Å². The van der Waals surface area contributed by atoms with E-state index >= 15 is 0 Å². The minimum Gasteiger partial charge on any atom is -0.478 e. The normalized spacial score (nSPS) is 11.0. The molecule has 0 fully saturated rings. The molecule has 0 atom stereocenters. The zero-order valence-corrected chi connectivity index (χ0v) is 12.0. The summed E-state index contributed by atoms with van der Waals surface area (Å²) in [6.45, 7) is 4.80. The Morgan fingerprint density at radius 3 is 2.57 bits per heavy atom. The van der Waals surface area contributed by atoms with Gasteiger partial charge in [0.2, 0.25) is 0 Å². The molecule has 4 heteroatoms. The van der Waals surface area contributed by atoms with Gasteiger partial charge >= 0.3 is 5.97 Å². The standard InChI is InChI=1S/C17H16N2O2/c1-11-4-3-5-12(2)15(11)10-19-16-8-13(17(20)21)6-7-14(16)9-18-19/h3-9H,10H2,1-2H3,(H,20,21). The molecular formula is C17H16N2O2. The van der Waals surface area contributed by atoms with Gasteiger partial charge in [-0.1, -0.05) is 24.3 Å². The van der Waals surface area contributed by atoms with Crippen LogP contribution >= 0.6 is 0 Å². The van der Waals surface area contributed by atoms with Crippen molar-refractivity contribution < 1.29 is 9.90 Å². The topological polar surface area (TPSA) is 55.1 Å². The lowest BCUT2D eigenvalue weighted by molar-refractivity contribution is 0.0697. The Morgan fingerprint density at radius 2 is 1.90 bits per heavy atom. The van der Waals surface area contributed by atoms with Crippen LogP contribution in [0.2, 0.25) is 0 Å². The average molecular weight is 280 g/mol. The maximum atomic E-state index is 11.1. The highest BCUT2D eigenvalue weighted by molar-refractivity contribution is 5.93. The number of aromatic nitrogens is 2. The van der Waals surface area contributed by atoms with Crippen molar-refractivity contribution in [3.8, 4) is 0 Å². The molecule has 1 N–H and O–H groups in total. The van der Waals surface area contributed by atoms with Crippen molar-refractivity contribution in [3.05, 3.63) is 64.8 Å². The number of carboxylic acid groups (broad SMARTS) is 1. The molecule has 21 heavy (non-hydrogen) atoms. The number of nitrogens with zero attached hydrogens (tertiary/aromatic N) is 2. The van der Waals surface area contributed by atoms with E-state index in [-0.39, 0.29) is 5.56 Å². The molecule has 0 amide bonds. The van der Waals surface area contributed by atoms with E-state index in [0.29, 0.717) is 6.54 Å². The molecule has 0 saturated heterocycles. The number of benzene rings is 2. The van der Waals surface area contributed by atoms with E-state index in [0.717, 1.165) is 10.9 Å². The van der Waals surface area contributed by atoms with Crippen LogP contribution in [0.1, 0.15) is 27.0 Å². The highest BCUT2D eigenvalue weighted by Gasteiger charge is 2.10. The third-order valence-electron chi connectivity index (χ3n) is 3.84. The van der Waals surface area contributed by atoms with Gasteiger partial charge < -0.3 is 5.11 Å². The SMILES string of the molecule is Cc1cccc(C)c1Cn1ncc2ccc(C(=O)O)cc21. The molecule has 0 bridgehead atoms. The molecule has 3 aromatic rings. The molecule has 0 unspecified atom stereocenters. The summed E-state index contributed by atoms with van der Waals surface area (Å²) in [5.41, 5.74) is 4.78. The van der Waals surface area contributed by atoms with Crippen LogP contribution < -0.4 is 0 Å². The number of hydrogen-bond donors (Lipinski definition) is 1. The minimum absolute atomic E-state index is 0.283. The van der Waals surface area contributed by atoms with E-state index in [4.69, 9.17) is 5.11 Å². The average Bonchev–Trinajstić information content (AvgIpc) is 2.85. The lowest BCUT2D eigenvalue weighted by atomic mass is 10.0. The second-order valence-corrected chi connectivity index (χ2v) is 5.25. The Labute approximate surface area is 122 Å². The van der Waals surface area contributed by atoms with Crippen LogP contribution in [0.15, 0.2) is 42.6 Å². The van der Waals surface area contributed by atoms with Crippen LogP contribution in [-0.2, 0) is 6.54 Å². The molecule has 0 spiro atoms. The Morgan fingerprint density at radius 1 is 1.19 bits per heavy atom. The maximum absolute atomic E-state index is 11.1. The van der Waals surface area contributed by atoms with E-state index in [1.807, 2.05) is 10.7 Å². The maximum Gasteiger partial charge on any atom is 0.335 e. The molecule has 4 nitrogen and oxygen atoms in total. The summed E-state index contributed by atoms with van der Waals surface area (Å²) in [6, 6.07) is 11.3. The molecule has 2 aromatic carbocycles. The summed E-state index contributed by atoms with van der Waals surface area (Å²) < 4.78 is 1.86. The molecule has 0 aliphatic carbocycles. The Kier molecular flexibility index (Phi) is 3.22. The van der Waals surface area contributed by atoms with Crippen molar-refractivity contribution in [2.24, 2.45) is 0 Å². The lowest BCUT2D eigenvalue weighted by Crippen LogP contribution is -2.05. The number of aromatic carboxylic acids is 1. The Bertz CT molecular complexity index is 814. The molecule has 0 radical (unpaired) electrons. The fraction of sp³-hybridized carbons (Fsp3) is 0.176. The fourth-order valence-electron chi connectivity index (χ4n) is 2.58. The van der Waals surface area contributed by atoms with E-state index in [1.165, 1.54) is 16.7 Å². The van der Waals surface area contributed by atoms with Gasteiger partial charge in [0.05, 0.1) is 23.8 Å². The highest BCUT2D eigenvalue weighted by Crippen LogP contribution is 2.20. The van der Waals surface area contributed by atoms with Crippen LogP contribution in [0.5, 0.6) is 0 Å². The monoisotopic (exact) mass is 280 g/mol. The zero-order chi connectivity index (χ0) is 15.0. The van der Waals surface area contributed by atoms with Crippen LogP contribution in [0.3, 0.4) is 0 Å². The summed E-state index contributed by atoms with van der Waals surface area (Å²) in [4.78, 5) is 11.1. The second kappa shape index (κ2) is 5.05. The summed E-state index contributed by atoms with van der Waals surface area (Å²) in [5.74, 6) is -0.920. The molecular weight excluding hydrogens is 264 g/mol. The van der Waals surface area contributed by atoms with Gasteiger partial charge in [0.15, 0.2) is 0 Å². The van der Waals surface area contributed by atoms with Crippen molar-refractivity contribution in [2.75, 3.05) is 0 Å². The van der Waals surface area contributed by atoms with E-state index in [9.17, 15) is 4.79 Å². The molecule has 1 heterocycles. The number of carbonyl (C=O) groups is 1. The number of rotatable bonds is 3. The molecule has 1 aromatic heterocycles. The summed E-state index contributed by atoms with van der Waals surface area (Å²) in [7, 11) is 0. The third-order valence-corrected chi connectivity index (χ3v) is 3.84. The van der Waals surface area contributed by atoms with Gasteiger partial charge in [-0.3, -0.25) is 4.68 Å². The first-order valence-electron chi connectivity index (χ1n) is 6.80. The van der Waals surface area contributed by atoms with Gasteiger partial charge in [-0.25, -0.2) is 4.79 Å². The Balaban J connectivity index is 2.08. The first-order valence-corrected chi connectivity index (χ1v) is 6.80. The molecule has 0 saturated carbocycles. The van der Waals surface area contributed by atoms with Gasteiger partial charge in [0.25, 0.3) is 0 Å². The summed E-state index contributed by atoms with van der Waals surface area (Å²) >= 11 is 0. The third kappa shape index (κ3) is 2.40. The van der Waals surface area contributed by atoms with Crippen molar-refractivity contribution in [3.63, 3.8) is 0 Å². The predicted octanol–water partition coefficient (Wildman–Crippen LogP) is 3.40. The van der Waals surface area contributed by atoms with Gasteiger partial charge in [-0.2, -0.15) is 5.10 Å². The van der Waals surface area contributed by atoms with Gasteiger partial charge in [-0.15, -0.1) is 0 Å².